The predicted molar refractivity (Wildman–Crippen MR) is 81.4 cm³/mol. The summed E-state index contributed by atoms with van der Waals surface area (Å²) in [6, 6.07) is 9.39. The van der Waals surface area contributed by atoms with Crippen molar-refractivity contribution in [1.82, 2.24) is 5.32 Å². The highest BCUT2D eigenvalue weighted by atomic mass is 32.2. The Labute approximate surface area is 120 Å². The molecule has 1 N–H and O–H groups in total. The number of benzene rings is 1. The molecule has 0 saturated heterocycles. The molecule has 0 heterocycles. The minimum Gasteiger partial charge on any atom is -0.465 e. The molecular weight excluding hydrogens is 258 g/mol. The van der Waals surface area contributed by atoms with E-state index in [1.54, 1.807) is 0 Å². The molecule has 0 amide bonds. The summed E-state index contributed by atoms with van der Waals surface area (Å²) in [5, 5.41) is 3.30. The lowest BCUT2D eigenvalue weighted by Gasteiger charge is -2.17. The van der Waals surface area contributed by atoms with E-state index in [2.05, 4.69) is 11.6 Å². The third-order valence-corrected chi connectivity index (χ3v) is 3.48. The van der Waals surface area contributed by atoms with Gasteiger partial charge < -0.3 is 10.1 Å². The summed E-state index contributed by atoms with van der Waals surface area (Å²) in [4.78, 5) is 12.0. The van der Waals surface area contributed by atoms with Crippen LogP contribution in [-0.4, -0.2) is 31.1 Å². The number of rotatable bonds is 9. The van der Waals surface area contributed by atoms with Crippen LogP contribution in [0.4, 0.5) is 0 Å². The highest BCUT2D eigenvalue weighted by Gasteiger charge is 2.20. The van der Waals surface area contributed by atoms with E-state index in [1.165, 1.54) is 6.42 Å². The van der Waals surface area contributed by atoms with Crippen LogP contribution in [-0.2, 0) is 9.53 Å². The number of ether oxygens (including phenoxy) is 1. The zero-order valence-electron chi connectivity index (χ0n) is 11.7. The van der Waals surface area contributed by atoms with Crippen LogP contribution in [0.3, 0.4) is 0 Å². The lowest BCUT2D eigenvalue weighted by Crippen LogP contribution is -2.31. The molecule has 4 heteroatoms. The first-order valence-corrected chi connectivity index (χ1v) is 8.13. The molecule has 0 fully saturated rings. The van der Waals surface area contributed by atoms with Gasteiger partial charge in [-0.15, -0.1) is 0 Å². The Balaban J connectivity index is 2.53. The fraction of sp³-hybridized carbons (Fsp3) is 0.533. The van der Waals surface area contributed by atoms with Gasteiger partial charge in [0.25, 0.3) is 0 Å². The molecule has 0 aromatic heterocycles. The predicted octanol–water partition coefficient (Wildman–Crippen LogP) is 3.02. The van der Waals surface area contributed by atoms with Crippen LogP contribution in [0.5, 0.6) is 0 Å². The van der Waals surface area contributed by atoms with Gasteiger partial charge in [-0.25, -0.2) is 4.79 Å². The summed E-state index contributed by atoms with van der Waals surface area (Å²) in [6.07, 6.45) is 4.35. The second-order valence-electron chi connectivity index (χ2n) is 4.25. The van der Waals surface area contributed by atoms with E-state index in [0.717, 1.165) is 24.3 Å². The fourth-order valence-corrected chi connectivity index (χ4v) is 2.32. The Kier molecular flexibility index (Phi) is 8.34. The van der Waals surface area contributed by atoms with Crippen molar-refractivity contribution in [3.8, 4) is 0 Å². The van der Waals surface area contributed by atoms with Crippen molar-refractivity contribution in [3.63, 3.8) is 0 Å². The van der Waals surface area contributed by atoms with Crippen molar-refractivity contribution in [3.05, 3.63) is 35.9 Å². The SMILES string of the molecule is CCOC(=O)C(NCCCCSC)c1ccccc1. The maximum Gasteiger partial charge on any atom is 0.327 e. The van der Waals surface area contributed by atoms with Gasteiger partial charge in [-0.1, -0.05) is 30.3 Å². The molecule has 1 rings (SSSR count). The molecule has 0 spiro atoms. The zero-order chi connectivity index (χ0) is 13.9. The van der Waals surface area contributed by atoms with E-state index in [4.69, 9.17) is 4.74 Å². The number of unbranched alkanes of at least 4 members (excludes halogenated alkanes) is 1. The van der Waals surface area contributed by atoms with Gasteiger partial charge in [0.05, 0.1) is 6.61 Å². The molecule has 0 aliphatic carbocycles. The summed E-state index contributed by atoms with van der Waals surface area (Å²) in [6.45, 7) is 3.08. The number of carbonyl (C=O) groups excluding carboxylic acids is 1. The minimum absolute atomic E-state index is 0.196. The molecule has 0 saturated carbocycles. The molecule has 3 nitrogen and oxygen atoms in total. The lowest BCUT2D eigenvalue weighted by atomic mass is 10.1. The van der Waals surface area contributed by atoms with Crippen LogP contribution >= 0.6 is 11.8 Å². The quantitative estimate of drug-likeness (QED) is 0.558. The molecule has 19 heavy (non-hydrogen) atoms. The van der Waals surface area contributed by atoms with Crippen LogP contribution < -0.4 is 5.32 Å². The first-order valence-electron chi connectivity index (χ1n) is 6.73. The molecule has 1 aromatic carbocycles. The van der Waals surface area contributed by atoms with Crippen LogP contribution in [0.2, 0.25) is 0 Å². The Morgan fingerprint density at radius 2 is 2.05 bits per heavy atom. The number of hydrogen-bond donors (Lipinski definition) is 1. The summed E-state index contributed by atoms with van der Waals surface area (Å²) in [5.74, 6) is 0.968. The van der Waals surface area contributed by atoms with E-state index in [-0.39, 0.29) is 12.0 Å². The number of carbonyl (C=O) groups is 1. The maximum absolute atomic E-state index is 12.0. The van der Waals surface area contributed by atoms with Crippen molar-refractivity contribution < 1.29 is 9.53 Å². The zero-order valence-corrected chi connectivity index (χ0v) is 12.5. The highest BCUT2D eigenvalue weighted by molar-refractivity contribution is 7.98. The Morgan fingerprint density at radius 3 is 2.68 bits per heavy atom. The van der Waals surface area contributed by atoms with Crippen molar-refractivity contribution >= 4 is 17.7 Å². The number of nitrogens with one attached hydrogen (secondary N) is 1. The maximum atomic E-state index is 12.0. The standard InChI is InChI=1S/C15H23NO2S/c1-3-18-15(17)14(13-9-5-4-6-10-13)16-11-7-8-12-19-2/h4-6,9-10,14,16H,3,7-8,11-12H2,1-2H3. The molecule has 0 aliphatic heterocycles. The largest absolute Gasteiger partial charge is 0.465 e. The molecule has 0 aliphatic rings. The Hall–Kier alpha value is -1.00. The highest BCUT2D eigenvalue weighted by Crippen LogP contribution is 2.14. The van der Waals surface area contributed by atoms with E-state index in [1.807, 2.05) is 49.0 Å². The van der Waals surface area contributed by atoms with Crippen LogP contribution in [0.15, 0.2) is 30.3 Å². The van der Waals surface area contributed by atoms with Gasteiger partial charge in [0, 0.05) is 0 Å². The van der Waals surface area contributed by atoms with Gasteiger partial charge in [0.2, 0.25) is 0 Å². The second-order valence-corrected chi connectivity index (χ2v) is 5.24. The first kappa shape index (κ1) is 16.1. The summed E-state index contributed by atoms with van der Waals surface area (Å²) in [7, 11) is 0. The van der Waals surface area contributed by atoms with E-state index >= 15 is 0 Å². The molecular formula is C15H23NO2S. The van der Waals surface area contributed by atoms with Crippen molar-refractivity contribution in [1.29, 1.82) is 0 Å². The molecule has 0 bridgehead atoms. The van der Waals surface area contributed by atoms with Gasteiger partial charge in [0.15, 0.2) is 0 Å². The van der Waals surface area contributed by atoms with Crippen LogP contribution in [0, 0.1) is 0 Å². The van der Waals surface area contributed by atoms with Crippen LogP contribution in [0.1, 0.15) is 31.4 Å². The van der Waals surface area contributed by atoms with Crippen molar-refractivity contribution in [2.75, 3.05) is 25.2 Å². The first-order chi connectivity index (χ1) is 9.29. The molecule has 0 radical (unpaired) electrons. The number of hydrogen-bond acceptors (Lipinski definition) is 4. The fourth-order valence-electron chi connectivity index (χ4n) is 1.83. The van der Waals surface area contributed by atoms with Gasteiger partial charge in [-0.05, 0) is 43.9 Å². The van der Waals surface area contributed by atoms with E-state index in [0.29, 0.717) is 6.61 Å². The monoisotopic (exact) mass is 281 g/mol. The van der Waals surface area contributed by atoms with Gasteiger partial charge in [0.1, 0.15) is 6.04 Å². The van der Waals surface area contributed by atoms with Crippen LogP contribution in [0.25, 0.3) is 0 Å². The third kappa shape index (κ3) is 6.12. The van der Waals surface area contributed by atoms with E-state index < -0.39 is 0 Å². The average Bonchev–Trinajstić information content (AvgIpc) is 2.44. The molecule has 1 aromatic rings. The molecule has 106 valence electrons. The van der Waals surface area contributed by atoms with Gasteiger partial charge in [-0.3, -0.25) is 0 Å². The number of thioether (sulfide) groups is 1. The number of esters is 1. The summed E-state index contributed by atoms with van der Waals surface area (Å²) < 4.78 is 5.13. The Morgan fingerprint density at radius 1 is 1.32 bits per heavy atom. The normalized spacial score (nSPS) is 12.1. The van der Waals surface area contributed by atoms with Crippen molar-refractivity contribution in [2.24, 2.45) is 0 Å². The second kappa shape index (κ2) is 9.87. The Bertz CT molecular complexity index is 356. The summed E-state index contributed by atoms with van der Waals surface area (Å²) >= 11 is 1.85. The summed E-state index contributed by atoms with van der Waals surface area (Å²) in [5.41, 5.74) is 0.964. The van der Waals surface area contributed by atoms with E-state index in [9.17, 15) is 4.79 Å². The topological polar surface area (TPSA) is 38.3 Å². The molecule has 1 atom stereocenters. The average molecular weight is 281 g/mol. The van der Waals surface area contributed by atoms with Gasteiger partial charge in [-0.2, -0.15) is 11.8 Å². The minimum atomic E-state index is -0.351. The van der Waals surface area contributed by atoms with Gasteiger partial charge >= 0.3 is 5.97 Å². The third-order valence-electron chi connectivity index (χ3n) is 2.78. The lowest BCUT2D eigenvalue weighted by molar-refractivity contribution is -0.145. The smallest absolute Gasteiger partial charge is 0.327 e. The van der Waals surface area contributed by atoms with Crippen molar-refractivity contribution in [2.45, 2.75) is 25.8 Å². The molecule has 1 unspecified atom stereocenters.